The zero-order chi connectivity index (χ0) is 12.3. The molecule has 1 aromatic heterocycles. The predicted molar refractivity (Wildman–Crippen MR) is 69.7 cm³/mol. The highest BCUT2D eigenvalue weighted by molar-refractivity contribution is 7.71. The van der Waals surface area contributed by atoms with Crippen LogP contribution in [0.4, 0.5) is 0 Å². The highest BCUT2D eigenvalue weighted by Crippen LogP contribution is 2.12. The van der Waals surface area contributed by atoms with Gasteiger partial charge in [-0.1, -0.05) is 30.3 Å². The summed E-state index contributed by atoms with van der Waals surface area (Å²) in [6, 6.07) is 10.3. The molecule has 4 nitrogen and oxygen atoms in total. The van der Waals surface area contributed by atoms with Crippen molar-refractivity contribution in [3.05, 3.63) is 51.2 Å². The van der Waals surface area contributed by atoms with Crippen molar-refractivity contribution in [2.75, 3.05) is 0 Å². The Hall–Kier alpha value is -1.62. The molecule has 1 aromatic carbocycles. The van der Waals surface area contributed by atoms with Crippen molar-refractivity contribution in [2.24, 2.45) is 0 Å². The standard InChI is InChI=1S/C12H15N3OS/c1-9(15-11(16)13-14-12(15)17)7-8-10-5-3-2-4-6-10/h2-6,9H,7-8H2,1H3,(H,13,16)(H,14,17). The van der Waals surface area contributed by atoms with Crippen LogP contribution in [0.25, 0.3) is 0 Å². The molecule has 0 fully saturated rings. The maximum absolute atomic E-state index is 11.5. The lowest BCUT2D eigenvalue weighted by atomic mass is 10.1. The Bertz CT molecular complexity index is 554. The minimum Gasteiger partial charge on any atom is -0.272 e. The van der Waals surface area contributed by atoms with Gasteiger partial charge in [0.15, 0.2) is 4.77 Å². The van der Waals surface area contributed by atoms with Crippen LogP contribution in [0.1, 0.15) is 24.9 Å². The highest BCUT2D eigenvalue weighted by Gasteiger charge is 2.09. The first-order valence-electron chi connectivity index (χ1n) is 5.61. The number of hydrogen-bond donors (Lipinski definition) is 2. The molecule has 0 aliphatic heterocycles. The predicted octanol–water partition coefficient (Wildman–Crippen LogP) is 2.43. The van der Waals surface area contributed by atoms with E-state index in [4.69, 9.17) is 12.2 Å². The molecule has 5 heteroatoms. The van der Waals surface area contributed by atoms with Gasteiger partial charge in [0.2, 0.25) is 0 Å². The first kappa shape index (κ1) is 11.9. The summed E-state index contributed by atoms with van der Waals surface area (Å²) in [4.78, 5) is 11.5. The smallest absolute Gasteiger partial charge is 0.272 e. The molecular weight excluding hydrogens is 234 g/mol. The Morgan fingerprint density at radius 2 is 2.00 bits per heavy atom. The normalized spacial score (nSPS) is 12.5. The molecule has 17 heavy (non-hydrogen) atoms. The van der Waals surface area contributed by atoms with Crippen LogP contribution in [0.3, 0.4) is 0 Å². The zero-order valence-electron chi connectivity index (χ0n) is 9.64. The third-order valence-corrected chi connectivity index (χ3v) is 3.15. The molecule has 90 valence electrons. The fourth-order valence-electron chi connectivity index (χ4n) is 1.87. The molecule has 0 radical (unpaired) electrons. The van der Waals surface area contributed by atoms with Crippen LogP contribution in [0.15, 0.2) is 35.1 Å². The van der Waals surface area contributed by atoms with Gasteiger partial charge in [-0.05, 0) is 37.5 Å². The molecular formula is C12H15N3OS. The summed E-state index contributed by atoms with van der Waals surface area (Å²) >= 11 is 5.06. The van der Waals surface area contributed by atoms with Gasteiger partial charge in [-0.25, -0.2) is 9.89 Å². The molecule has 0 saturated carbocycles. The van der Waals surface area contributed by atoms with Crippen molar-refractivity contribution in [3.8, 4) is 0 Å². The Kier molecular flexibility index (Phi) is 3.58. The van der Waals surface area contributed by atoms with E-state index in [1.165, 1.54) is 5.56 Å². The van der Waals surface area contributed by atoms with E-state index in [0.717, 1.165) is 12.8 Å². The third kappa shape index (κ3) is 2.74. The maximum atomic E-state index is 11.5. The number of benzene rings is 1. The zero-order valence-corrected chi connectivity index (χ0v) is 10.5. The molecule has 1 heterocycles. The first-order valence-corrected chi connectivity index (χ1v) is 6.02. The van der Waals surface area contributed by atoms with E-state index in [1.807, 2.05) is 25.1 Å². The van der Waals surface area contributed by atoms with Gasteiger partial charge in [-0.15, -0.1) is 0 Å². The number of aromatic nitrogens is 3. The molecule has 0 spiro atoms. The van der Waals surface area contributed by atoms with Crippen molar-refractivity contribution in [1.82, 2.24) is 14.8 Å². The molecule has 0 amide bonds. The van der Waals surface area contributed by atoms with Crippen LogP contribution in [0.2, 0.25) is 0 Å². The summed E-state index contributed by atoms with van der Waals surface area (Å²) in [5.74, 6) is 0. The largest absolute Gasteiger partial charge is 0.342 e. The highest BCUT2D eigenvalue weighted by atomic mass is 32.1. The lowest BCUT2D eigenvalue weighted by molar-refractivity contribution is 0.488. The Morgan fingerprint density at radius 1 is 1.29 bits per heavy atom. The van der Waals surface area contributed by atoms with Crippen LogP contribution in [-0.4, -0.2) is 14.8 Å². The summed E-state index contributed by atoms with van der Waals surface area (Å²) in [6.45, 7) is 2.00. The molecule has 1 unspecified atom stereocenters. The molecule has 0 saturated heterocycles. The monoisotopic (exact) mass is 249 g/mol. The second kappa shape index (κ2) is 5.14. The van der Waals surface area contributed by atoms with Gasteiger partial charge in [0.25, 0.3) is 0 Å². The summed E-state index contributed by atoms with van der Waals surface area (Å²) in [5, 5.41) is 5.15. The number of aryl methyl sites for hydroxylation is 1. The van der Waals surface area contributed by atoms with Gasteiger partial charge in [-0.3, -0.25) is 9.67 Å². The van der Waals surface area contributed by atoms with Crippen molar-refractivity contribution >= 4 is 12.2 Å². The molecule has 2 N–H and O–H groups in total. The van der Waals surface area contributed by atoms with Crippen LogP contribution < -0.4 is 5.69 Å². The maximum Gasteiger partial charge on any atom is 0.342 e. The third-order valence-electron chi connectivity index (χ3n) is 2.85. The van der Waals surface area contributed by atoms with E-state index in [1.54, 1.807) is 4.57 Å². The van der Waals surface area contributed by atoms with Crippen LogP contribution >= 0.6 is 12.2 Å². The van der Waals surface area contributed by atoms with Crippen molar-refractivity contribution in [2.45, 2.75) is 25.8 Å². The molecule has 0 bridgehead atoms. The molecule has 2 rings (SSSR count). The second-order valence-electron chi connectivity index (χ2n) is 4.10. The van der Waals surface area contributed by atoms with E-state index < -0.39 is 0 Å². The van der Waals surface area contributed by atoms with Gasteiger partial charge < -0.3 is 0 Å². The fourth-order valence-corrected chi connectivity index (χ4v) is 2.18. The Balaban J connectivity index is 2.06. The topological polar surface area (TPSA) is 53.6 Å². The van der Waals surface area contributed by atoms with Crippen molar-refractivity contribution in [3.63, 3.8) is 0 Å². The van der Waals surface area contributed by atoms with E-state index in [-0.39, 0.29) is 11.7 Å². The van der Waals surface area contributed by atoms with E-state index in [0.29, 0.717) is 4.77 Å². The van der Waals surface area contributed by atoms with Crippen LogP contribution in [0, 0.1) is 4.77 Å². The average molecular weight is 249 g/mol. The van der Waals surface area contributed by atoms with E-state index >= 15 is 0 Å². The quantitative estimate of drug-likeness (QED) is 0.818. The minimum absolute atomic E-state index is 0.0951. The van der Waals surface area contributed by atoms with Crippen molar-refractivity contribution in [1.29, 1.82) is 0 Å². The first-order chi connectivity index (χ1) is 8.18. The number of H-pyrrole nitrogens is 2. The molecule has 0 aliphatic carbocycles. The number of hydrogen-bond acceptors (Lipinski definition) is 2. The number of rotatable bonds is 4. The van der Waals surface area contributed by atoms with Gasteiger partial charge in [0.05, 0.1) is 0 Å². The number of aromatic amines is 2. The lowest BCUT2D eigenvalue weighted by Crippen LogP contribution is -2.21. The summed E-state index contributed by atoms with van der Waals surface area (Å²) in [7, 11) is 0. The summed E-state index contributed by atoms with van der Waals surface area (Å²) in [5.41, 5.74) is 1.10. The Labute approximate surface area is 104 Å². The van der Waals surface area contributed by atoms with Gasteiger partial charge >= 0.3 is 5.69 Å². The number of nitrogens with one attached hydrogen (secondary N) is 2. The van der Waals surface area contributed by atoms with E-state index in [2.05, 4.69) is 22.3 Å². The molecule has 2 aromatic rings. The van der Waals surface area contributed by atoms with Crippen LogP contribution in [0.5, 0.6) is 0 Å². The number of nitrogens with zero attached hydrogens (tertiary/aromatic N) is 1. The molecule has 0 aliphatic rings. The minimum atomic E-state index is -0.171. The summed E-state index contributed by atoms with van der Waals surface area (Å²) < 4.78 is 2.04. The van der Waals surface area contributed by atoms with Gasteiger partial charge in [0, 0.05) is 6.04 Å². The second-order valence-corrected chi connectivity index (χ2v) is 4.49. The summed E-state index contributed by atoms with van der Waals surface area (Å²) in [6.07, 6.45) is 1.83. The Morgan fingerprint density at radius 3 is 2.59 bits per heavy atom. The SMILES string of the molecule is CC(CCc1ccccc1)n1c(=O)[nH][nH]c1=S. The van der Waals surface area contributed by atoms with Gasteiger partial charge in [0.1, 0.15) is 0 Å². The molecule has 1 atom stereocenters. The fraction of sp³-hybridized carbons (Fsp3) is 0.333. The van der Waals surface area contributed by atoms with Gasteiger partial charge in [-0.2, -0.15) is 0 Å². The lowest BCUT2D eigenvalue weighted by Gasteiger charge is -2.11. The average Bonchev–Trinajstić information content (AvgIpc) is 2.67. The van der Waals surface area contributed by atoms with Crippen LogP contribution in [-0.2, 0) is 6.42 Å². The van der Waals surface area contributed by atoms with Crippen molar-refractivity contribution < 1.29 is 0 Å². The van der Waals surface area contributed by atoms with E-state index in [9.17, 15) is 4.79 Å².